The predicted molar refractivity (Wildman–Crippen MR) is 122 cm³/mol. The Kier molecular flexibility index (Phi) is 4.41. The first kappa shape index (κ1) is 19.9. The third-order valence-corrected chi connectivity index (χ3v) is 10.7. The highest BCUT2D eigenvalue weighted by molar-refractivity contribution is 7.15. The van der Waals surface area contributed by atoms with Crippen molar-refractivity contribution in [2.75, 3.05) is 5.32 Å². The number of halogens is 1. The molecule has 4 aliphatic rings. The molecule has 0 bridgehead atoms. The molecule has 0 aliphatic heterocycles. The Bertz CT molecular complexity index is 1050. The van der Waals surface area contributed by atoms with Crippen molar-refractivity contribution in [3.8, 4) is 0 Å². The summed E-state index contributed by atoms with van der Waals surface area (Å²) in [7, 11) is 0. The number of anilines is 2. The summed E-state index contributed by atoms with van der Waals surface area (Å²) in [5.74, 6) is 2.91. The third-order valence-electron chi connectivity index (χ3n) is 9.60. The number of aromatic nitrogens is 1. The molecule has 6 atom stereocenters. The lowest BCUT2D eigenvalue weighted by atomic mass is 9.46. The molecule has 3 fully saturated rings. The maximum absolute atomic E-state index is 13.6. The van der Waals surface area contributed by atoms with Crippen molar-refractivity contribution in [2.45, 2.75) is 71.1 Å². The molecule has 0 saturated heterocycles. The van der Waals surface area contributed by atoms with Crippen molar-refractivity contribution >= 4 is 27.9 Å². The maximum atomic E-state index is 13.6. The fourth-order valence-electron chi connectivity index (χ4n) is 7.96. The van der Waals surface area contributed by atoms with E-state index in [9.17, 15) is 9.18 Å². The van der Waals surface area contributed by atoms with Crippen LogP contribution >= 0.6 is 11.3 Å². The molecule has 6 rings (SSSR count). The van der Waals surface area contributed by atoms with Crippen LogP contribution in [0.4, 0.5) is 15.2 Å². The van der Waals surface area contributed by atoms with Gasteiger partial charge in [0, 0.05) is 28.3 Å². The first-order chi connectivity index (χ1) is 14.9. The van der Waals surface area contributed by atoms with Crippen molar-refractivity contribution in [1.82, 2.24) is 4.98 Å². The Balaban J connectivity index is 1.29. The molecule has 0 amide bonds. The fraction of sp³-hybridized carbons (Fsp3) is 0.615. The number of Topliss-reactive ketones (excluding diaryl/α,β-unsaturated/α-hetero) is 1. The second kappa shape index (κ2) is 6.87. The minimum atomic E-state index is -0.230. The van der Waals surface area contributed by atoms with Gasteiger partial charge in [-0.2, -0.15) is 0 Å². The van der Waals surface area contributed by atoms with Gasteiger partial charge in [-0.15, -0.1) is 11.3 Å². The molecular weight excluding hydrogens is 407 g/mol. The highest BCUT2D eigenvalue weighted by atomic mass is 32.1. The molecule has 1 N–H and O–H groups in total. The number of hydrogen-bond donors (Lipinski definition) is 1. The van der Waals surface area contributed by atoms with Crippen LogP contribution in [0.2, 0.25) is 0 Å². The fourth-order valence-corrected chi connectivity index (χ4v) is 9.29. The molecule has 5 heteroatoms. The molecule has 164 valence electrons. The highest BCUT2D eigenvalue weighted by Crippen LogP contribution is 2.67. The first-order valence-electron chi connectivity index (χ1n) is 11.9. The number of nitrogens with one attached hydrogen (secondary N) is 1. The Morgan fingerprint density at radius 3 is 2.81 bits per heavy atom. The number of thiazole rings is 1. The van der Waals surface area contributed by atoms with Crippen molar-refractivity contribution in [3.63, 3.8) is 0 Å². The molecule has 2 aromatic rings. The molecule has 1 unspecified atom stereocenters. The van der Waals surface area contributed by atoms with Gasteiger partial charge in [0.1, 0.15) is 11.6 Å². The maximum Gasteiger partial charge on any atom is 0.187 e. The molecule has 3 saturated carbocycles. The molecule has 1 aromatic heterocycles. The third kappa shape index (κ3) is 2.88. The molecule has 31 heavy (non-hydrogen) atoms. The van der Waals surface area contributed by atoms with Crippen LogP contribution < -0.4 is 5.32 Å². The summed E-state index contributed by atoms with van der Waals surface area (Å²) in [6.07, 6.45) is 8.92. The smallest absolute Gasteiger partial charge is 0.187 e. The zero-order chi connectivity index (χ0) is 21.4. The standard InChI is InChI=1S/C26H31FN2OS/c1-25-13-11-21-23(31-24(29-21)28-16-5-3-4-15(27)14-16)20(25)7-6-17-18-8-9-22(30)26(18,2)12-10-19(17)25/h3-5,14,17-20H,6-13H2,1-2H3,(H,28,29)/t17-,18-,19-,20?,25+,26-/m0/s1. The van der Waals surface area contributed by atoms with E-state index in [1.165, 1.54) is 48.4 Å². The SMILES string of the molecule is C[C@]12CCc3nc(Nc4cccc(F)c4)sc3C1CC[C@@H]1[C@@H]2CC[C@]2(C)C(=O)CC[C@@H]12. The van der Waals surface area contributed by atoms with Crippen LogP contribution in [-0.2, 0) is 11.2 Å². The van der Waals surface area contributed by atoms with Crippen LogP contribution in [0.1, 0.15) is 75.3 Å². The summed E-state index contributed by atoms with van der Waals surface area (Å²) < 4.78 is 13.6. The Morgan fingerprint density at radius 1 is 1.10 bits per heavy atom. The van der Waals surface area contributed by atoms with E-state index in [0.29, 0.717) is 29.0 Å². The molecule has 0 radical (unpaired) electrons. The van der Waals surface area contributed by atoms with Gasteiger partial charge in [-0.1, -0.05) is 19.9 Å². The quantitative estimate of drug-likeness (QED) is 0.556. The number of benzene rings is 1. The van der Waals surface area contributed by atoms with Crippen LogP contribution in [-0.4, -0.2) is 10.8 Å². The van der Waals surface area contributed by atoms with Crippen molar-refractivity contribution < 1.29 is 9.18 Å². The van der Waals surface area contributed by atoms with Gasteiger partial charge >= 0.3 is 0 Å². The molecule has 4 aliphatic carbocycles. The molecule has 1 aromatic carbocycles. The lowest BCUT2D eigenvalue weighted by Gasteiger charge is -2.59. The number of carbonyl (C=O) groups is 1. The van der Waals surface area contributed by atoms with Crippen LogP contribution in [0.25, 0.3) is 0 Å². The summed E-state index contributed by atoms with van der Waals surface area (Å²) in [5, 5.41) is 4.22. The predicted octanol–water partition coefficient (Wildman–Crippen LogP) is 6.87. The van der Waals surface area contributed by atoms with Gasteiger partial charge in [0.2, 0.25) is 0 Å². The van der Waals surface area contributed by atoms with Crippen molar-refractivity contribution in [2.24, 2.45) is 28.6 Å². The second-order valence-corrected chi connectivity index (χ2v) is 11.9. The zero-order valence-corrected chi connectivity index (χ0v) is 19.2. The number of hydrogen-bond acceptors (Lipinski definition) is 4. The summed E-state index contributed by atoms with van der Waals surface area (Å²) >= 11 is 1.78. The molecule has 3 nitrogen and oxygen atoms in total. The summed E-state index contributed by atoms with van der Waals surface area (Å²) in [5.41, 5.74) is 2.28. The number of ketones is 1. The number of fused-ring (bicyclic) bond motifs is 7. The summed E-state index contributed by atoms with van der Waals surface area (Å²) in [4.78, 5) is 19.0. The van der Waals surface area contributed by atoms with Crippen LogP contribution in [0, 0.1) is 34.4 Å². The minimum Gasteiger partial charge on any atom is -0.331 e. The molecule has 1 heterocycles. The largest absolute Gasteiger partial charge is 0.331 e. The summed E-state index contributed by atoms with van der Waals surface area (Å²) in [6, 6.07) is 6.61. The van der Waals surface area contributed by atoms with Gasteiger partial charge in [0.15, 0.2) is 5.13 Å². The monoisotopic (exact) mass is 438 g/mol. The van der Waals surface area contributed by atoms with Gasteiger partial charge in [-0.05, 0) is 86.3 Å². The van der Waals surface area contributed by atoms with E-state index in [1.807, 2.05) is 6.07 Å². The second-order valence-electron chi connectivity index (χ2n) is 10.9. The normalized spacial score (nSPS) is 38.7. The van der Waals surface area contributed by atoms with E-state index >= 15 is 0 Å². The number of carbonyl (C=O) groups excluding carboxylic acids is 1. The number of aryl methyl sites for hydroxylation is 1. The van der Waals surface area contributed by atoms with Crippen molar-refractivity contribution in [3.05, 3.63) is 40.7 Å². The van der Waals surface area contributed by atoms with E-state index < -0.39 is 0 Å². The topological polar surface area (TPSA) is 42.0 Å². The highest BCUT2D eigenvalue weighted by Gasteiger charge is 2.60. The Morgan fingerprint density at radius 2 is 1.97 bits per heavy atom. The lowest BCUT2D eigenvalue weighted by molar-refractivity contribution is -0.134. The lowest BCUT2D eigenvalue weighted by Crippen LogP contribution is -2.52. The van der Waals surface area contributed by atoms with Crippen molar-refractivity contribution in [1.29, 1.82) is 0 Å². The van der Waals surface area contributed by atoms with E-state index in [4.69, 9.17) is 4.98 Å². The van der Waals surface area contributed by atoms with Gasteiger partial charge in [-0.3, -0.25) is 4.79 Å². The van der Waals surface area contributed by atoms with Crippen LogP contribution in [0.5, 0.6) is 0 Å². The van der Waals surface area contributed by atoms with E-state index in [0.717, 1.165) is 42.4 Å². The van der Waals surface area contributed by atoms with Gasteiger partial charge in [0.05, 0.1) is 5.69 Å². The van der Waals surface area contributed by atoms with Crippen LogP contribution in [0.3, 0.4) is 0 Å². The Hall–Kier alpha value is -1.75. The number of nitrogens with zero attached hydrogens (tertiary/aromatic N) is 1. The number of rotatable bonds is 2. The van der Waals surface area contributed by atoms with Gasteiger partial charge in [-0.25, -0.2) is 9.37 Å². The van der Waals surface area contributed by atoms with E-state index in [2.05, 4.69) is 19.2 Å². The van der Waals surface area contributed by atoms with E-state index in [1.54, 1.807) is 17.4 Å². The first-order valence-corrected chi connectivity index (χ1v) is 12.8. The Labute approximate surface area is 187 Å². The van der Waals surface area contributed by atoms with Gasteiger partial charge < -0.3 is 5.32 Å². The van der Waals surface area contributed by atoms with E-state index in [-0.39, 0.29) is 11.2 Å². The minimum absolute atomic E-state index is 0.0449. The van der Waals surface area contributed by atoms with Crippen LogP contribution in [0.15, 0.2) is 24.3 Å². The zero-order valence-electron chi connectivity index (χ0n) is 18.4. The molecule has 0 spiro atoms. The average Bonchev–Trinajstić information content (AvgIpc) is 3.28. The molecular formula is C26H31FN2OS. The summed E-state index contributed by atoms with van der Waals surface area (Å²) in [6.45, 7) is 4.81. The van der Waals surface area contributed by atoms with Gasteiger partial charge in [0.25, 0.3) is 0 Å². The average molecular weight is 439 g/mol.